The van der Waals surface area contributed by atoms with Crippen molar-refractivity contribution in [2.75, 3.05) is 6.26 Å². The summed E-state index contributed by atoms with van der Waals surface area (Å²) in [6.07, 6.45) is 3.94. The Morgan fingerprint density at radius 1 is 1.05 bits per heavy atom. The molecule has 0 unspecified atom stereocenters. The zero-order valence-corrected chi connectivity index (χ0v) is 12.5. The Hall–Kier alpha value is -2.04. The minimum absolute atomic E-state index is 0.0214. The first-order chi connectivity index (χ1) is 10.3. The number of aromatic nitrogens is 2. The molecule has 1 aromatic heterocycles. The lowest BCUT2D eigenvalue weighted by molar-refractivity contribution is 0.282. The minimum atomic E-state index is -0.0214. The summed E-state index contributed by atoms with van der Waals surface area (Å²) in [7, 11) is 0. The maximum absolute atomic E-state index is 9.58. The maximum atomic E-state index is 9.58. The van der Waals surface area contributed by atoms with E-state index in [-0.39, 0.29) is 6.61 Å². The normalized spacial score (nSPS) is 10.8. The molecule has 3 aromatic rings. The topological polar surface area (TPSA) is 38.0 Å². The Morgan fingerprint density at radius 2 is 1.76 bits per heavy atom. The van der Waals surface area contributed by atoms with Crippen molar-refractivity contribution in [1.29, 1.82) is 0 Å². The number of aliphatic hydroxyl groups is 1. The molecule has 0 spiro atoms. The highest BCUT2D eigenvalue weighted by Crippen LogP contribution is 2.26. The smallest absolute Gasteiger partial charge is 0.0982 e. The van der Waals surface area contributed by atoms with Gasteiger partial charge in [0.2, 0.25) is 0 Å². The van der Waals surface area contributed by atoms with Crippen molar-refractivity contribution in [3.8, 4) is 16.9 Å². The van der Waals surface area contributed by atoms with Crippen LogP contribution in [0, 0.1) is 0 Å². The molecule has 21 heavy (non-hydrogen) atoms. The average Bonchev–Trinajstić information content (AvgIpc) is 3.00. The molecule has 2 aromatic carbocycles. The van der Waals surface area contributed by atoms with Crippen molar-refractivity contribution in [1.82, 2.24) is 9.78 Å². The third kappa shape index (κ3) is 2.86. The predicted octanol–water partition coefficient (Wildman–Crippen LogP) is 3.75. The van der Waals surface area contributed by atoms with E-state index >= 15 is 0 Å². The quantitative estimate of drug-likeness (QED) is 0.745. The van der Waals surface area contributed by atoms with Gasteiger partial charge < -0.3 is 5.11 Å². The van der Waals surface area contributed by atoms with Gasteiger partial charge in [0.15, 0.2) is 0 Å². The summed E-state index contributed by atoms with van der Waals surface area (Å²) in [5, 5.41) is 14.2. The Bertz CT molecular complexity index is 720. The second-order valence-electron chi connectivity index (χ2n) is 4.67. The Morgan fingerprint density at radius 3 is 2.38 bits per heavy atom. The van der Waals surface area contributed by atoms with Crippen molar-refractivity contribution in [2.24, 2.45) is 0 Å². The highest BCUT2D eigenvalue weighted by Gasteiger charge is 2.11. The van der Waals surface area contributed by atoms with E-state index in [1.54, 1.807) is 11.8 Å². The predicted molar refractivity (Wildman–Crippen MR) is 86.7 cm³/mol. The fourth-order valence-corrected chi connectivity index (χ4v) is 2.64. The molecule has 0 atom stereocenters. The van der Waals surface area contributed by atoms with E-state index in [2.05, 4.69) is 23.5 Å². The van der Waals surface area contributed by atoms with Crippen LogP contribution in [0.3, 0.4) is 0 Å². The van der Waals surface area contributed by atoms with Crippen molar-refractivity contribution >= 4 is 11.8 Å². The molecule has 1 N–H and O–H groups in total. The largest absolute Gasteiger partial charge is 0.392 e. The SMILES string of the molecule is CSc1ccc(-c2nn(-c3ccccc3)cc2CO)cc1. The van der Waals surface area contributed by atoms with E-state index in [0.717, 1.165) is 22.5 Å². The number of benzene rings is 2. The van der Waals surface area contributed by atoms with Crippen LogP contribution in [-0.2, 0) is 6.61 Å². The number of thioether (sulfide) groups is 1. The molecule has 0 bridgehead atoms. The molecule has 0 amide bonds. The summed E-state index contributed by atoms with van der Waals surface area (Å²) in [6, 6.07) is 18.1. The highest BCUT2D eigenvalue weighted by atomic mass is 32.2. The first kappa shape index (κ1) is 13.9. The monoisotopic (exact) mass is 296 g/mol. The molecule has 3 nitrogen and oxygen atoms in total. The molecule has 0 aliphatic carbocycles. The second kappa shape index (κ2) is 6.16. The van der Waals surface area contributed by atoms with Gasteiger partial charge in [0, 0.05) is 22.2 Å². The first-order valence-electron chi connectivity index (χ1n) is 6.71. The standard InChI is InChI=1S/C17H16N2OS/c1-21-16-9-7-13(8-10-16)17-14(12-20)11-19(18-17)15-5-3-2-4-6-15/h2-11,20H,12H2,1H3. The van der Waals surface area contributed by atoms with Gasteiger partial charge in [-0.3, -0.25) is 0 Å². The highest BCUT2D eigenvalue weighted by molar-refractivity contribution is 7.98. The van der Waals surface area contributed by atoms with Crippen LogP contribution in [0.1, 0.15) is 5.56 Å². The van der Waals surface area contributed by atoms with Crippen molar-refractivity contribution in [3.63, 3.8) is 0 Å². The van der Waals surface area contributed by atoms with Gasteiger partial charge in [-0.1, -0.05) is 30.3 Å². The number of rotatable bonds is 4. The van der Waals surface area contributed by atoms with Crippen molar-refractivity contribution in [2.45, 2.75) is 11.5 Å². The van der Waals surface area contributed by atoms with Crippen LogP contribution >= 0.6 is 11.8 Å². The van der Waals surface area contributed by atoms with E-state index in [9.17, 15) is 5.11 Å². The third-order valence-electron chi connectivity index (χ3n) is 3.34. The van der Waals surface area contributed by atoms with E-state index in [0.29, 0.717) is 0 Å². The number of nitrogens with zero attached hydrogens (tertiary/aromatic N) is 2. The fraction of sp³-hybridized carbons (Fsp3) is 0.118. The molecule has 4 heteroatoms. The van der Waals surface area contributed by atoms with Crippen molar-refractivity contribution in [3.05, 3.63) is 66.4 Å². The molecule has 0 saturated heterocycles. The zero-order valence-electron chi connectivity index (χ0n) is 11.7. The van der Waals surface area contributed by atoms with Crippen LogP contribution in [0.25, 0.3) is 16.9 Å². The summed E-state index contributed by atoms with van der Waals surface area (Å²) in [6.45, 7) is -0.0214. The lowest BCUT2D eigenvalue weighted by Crippen LogP contribution is -1.93. The van der Waals surface area contributed by atoms with E-state index in [4.69, 9.17) is 0 Å². The number of hydrogen-bond acceptors (Lipinski definition) is 3. The molecule has 0 fully saturated rings. The summed E-state index contributed by atoms with van der Waals surface area (Å²) >= 11 is 1.71. The van der Waals surface area contributed by atoms with Crippen LogP contribution in [0.2, 0.25) is 0 Å². The fourth-order valence-electron chi connectivity index (χ4n) is 2.23. The van der Waals surface area contributed by atoms with Crippen LogP contribution in [0.4, 0.5) is 0 Å². The van der Waals surface area contributed by atoms with Gasteiger partial charge in [-0.25, -0.2) is 4.68 Å². The Labute approximate surface area is 128 Å². The summed E-state index contributed by atoms with van der Waals surface area (Å²) in [5.74, 6) is 0. The number of hydrogen-bond donors (Lipinski definition) is 1. The lowest BCUT2D eigenvalue weighted by Gasteiger charge is -2.02. The molecular formula is C17H16N2OS. The molecule has 106 valence electrons. The van der Waals surface area contributed by atoms with Gasteiger partial charge in [0.25, 0.3) is 0 Å². The summed E-state index contributed by atoms with van der Waals surface area (Å²) < 4.78 is 1.81. The third-order valence-corrected chi connectivity index (χ3v) is 4.09. The van der Waals surface area contributed by atoms with Gasteiger partial charge in [0.05, 0.1) is 18.0 Å². The average molecular weight is 296 g/mol. The van der Waals surface area contributed by atoms with Gasteiger partial charge in [-0.15, -0.1) is 11.8 Å². The van der Waals surface area contributed by atoms with E-state index in [1.165, 1.54) is 4.90 Å². The Kier molecular flexibility index (Phi) is 4.08. The van der Waals surface area contributed by atoms with Crippen molar-refractivity contribution < 1.29 is 5.11 Å². The lowest BCUT2D eigenvalue weighted by atomic mass is 10.1. The summed E-state index contributed by atoms with van der Waals surface area (Å²) in [4.78, 5) is 1.21. The molecule has 0 aliphatic heterocycles. The second-order valence-corrected chi connectivity index (χ2v) is 5.55. The molecule has 0 saturated carbocycles. The van der Waals surface area contributed by atoms with Crippen LogP contribution in [-0.4, -0.2) is 21.1 Å². The van der Waals surface area contributed by atoms with Gasteiger partial charge in [-0.05, 0) is 30.5 Å². The molecule has 1 heterocycles. The summed E-state index contributed by atoms with van der Waals surface area (Å²) in [5.41, 5.74) is 3.66. The van der Waals surface area contributed by atoms with E-state index < -0.39 is 0 Å². The van der Waals surface area contributed by atoms with Crippen LogP contribution < -0.4 is 0 Å². The molecule has 0 radical (unpaired) electrons. The van der Waals surface area contributed by atoms with Crippen LogP contribution in [0.5, 0.6) is 0 Å². The van der Waals surface area contributed by atoms with Crippen LogP contribution in [0.15, 0.2) is 65.7 Å². The number of aliphatic hydroxyl groups excluding tert-OH is 1. The van der Waals surface area contributed by atoms with Gasteiger partial charge >= 0.3 is 0 Å². The van der Waals surface area contributed by atoms with Gasteiger partial charge in [-0.2, -0.15) is 5.10 Å². The minimum Gasteiger partial charge on any atom is -0.392 e. The Balaban J connectivity index is 2.03. The molecule has 3 rings (SSSR count). The van der Waals surface area contributed by atoms with Gasteiger partial charge in [0.1, 0.15) is 0 Å². The molecule has 0 aliphatic rings. The van der Waals surface area contributed by atoms with E-state index in [1.807, 2.05) is 53.3 Å². The first-order valence-corrected chi connectivity index (χ1v) is 7.93. The molecular weight excluding hydrogens is 280 g/mol. The zero-order chi connectivity index (χ0) is 14.7. The number of para-hydroxylation sites is 1. The maximum Gasteiger partial charge on any atom is 0.0982 e.